The van der Waals surface area contributed by atoms with Crippen molar-refractivity contribution < 1.29 is 9.59 Å². The Kier molecular flexibility index (Phi) is 23.4. The van der Waals surface area contributed by atoms with Crippen molar-refractivity contribution >= 4 is 120 Å². The number of nitrogens with zero attached hydrogens (tertiary/aromatic N) is 14. The maximum absolute atomic E-state index is 11.9. The van der Waals surface area contributed by atoms with Crippen molar-refractivity contribution in [1.82, 2.24) is 74.4 Å². The van der Waals surface area contributed by atoms with E-state index in [1.165, 1.54) is 125 Å². The highest BCUT2D eigenvalue weighted by atomic mass is 35.5. The first-order valence-electron chi connectivity index (χ1n) is 40.2. The van der Waals surface area contributed by atoms with E-state index in [1.54, 1.807) is 20.0 Å². The average molecular weight is 1520 g/mol. The molecule has 3 saturated carbocycles. The molecule has 3 aliphatic carbocycles. The Balaban J connectivity index is 0.000000124. The van der Waals surface area contributed by atoms with Gasteiger partial charge in [-0.05, 0) is 221 Å². The van der Waals surface area contributed by atoms with E-state index in [0.29, 0.717) is 43.1 Å². The van der Waals surface area contributed by atoms with Gasteiger partial charge in [-0.1, -0.05) is 131 Å². The van der Waals surface area contributed by atoms with Crippen LogP contribution in [0.4, 0.5) is 63.5 Å². The Hall–Kier alpha value is -11.0. The first-order valence-corrected chi connectivity index (χ1v) is 40.6. The number of nitrogens with one attached hydrogen (secondary N) is 6. The zero-order valence-electron chi connectivity index (χ0n) is 65.9. The zero-order chi connectivity index (χ0) is 77.5. The third kappa shape index (κ3) is 17.3. The van der Waals surface area contributed by atoms with Gasteiger partial charge >= 0.3 is 0 Å². The number of rotatable bonds is 13. The summed E-state index contributed by atoms with van der Waals surface area (Å²) in [5.74, 6) is 3.84. The molecule has 0 atom stereocenters. The van der Waals surface area contributed by atoms with Crippen molar-refractivity contribution in [3.8, 4) is 0 Å². The number of aromatic nitrogens is 12. The van der Waals surface area contributed by atoms with Crippen LogP contribution < -0.4 is 37.6 Å². The standard InChI is InChI=1S/C30H35N7O.C28H33N7.C19H22ClN5.C11H14N2O/c1-19-8-7-9-20(2)27(19)33-28-26-17-31-30(34-29(26)37(35-28)25-10-5-4-6-11-25)32-24-13-12-22-14-15-36(21(3)38)18-23(22)16-24;1-18-7-6-8-19(2)25(18)32-26-24-17-30-28(31-22-12-11-20-13-14-29-16-21(20)15-22)33-27(24)35(34-26)23-9-4-3-5-10-23;1-12-7-6-8-13(2)16(12)22-17-15-11-21-19(20)23-18(15)25(24-17)14-9-4-3-5-10-14;1-8(14)13-5-4-9-2-3-11(12)6-10(9)7-13/h7-9,12-13,16-17,25H,4-6,10-11,14-15,18H2,1-3H3,(H,33,35)(H,31,32,34);6-8,11-12,15,17,23,29H,3-5,9-10,13-14,16H2,1-2H3,(H,32,34)(H,30,31,33);6-8,11,14H,3-5,9-10H2,1-2H3,(H,22,24);2-3,6H,4-5,7,12H2,1H3. The summed E-state index contributed by atoms with van der Waals surface area (Å²) in [4.78, 5) is 54.8. The summed E-state index contributed by atoms with van der Waals surface area (Å²) in [6.45, 7) is 20.8. The molecule has 580 valence electrons. The van der Waals surface area contributed by atoms with Gasteiger partial charge in [-0.3, -0.25) is 9.59 Å². The molecule has 6 aromatic heterocycles. The molecular formula is C88H104ClN21O2. The zero-order valence-corrected chi connectivity index (χ0v) is 66.6. The van der Waals surface area contributed by atoms with Crippen molar-refractivity contribution in [3.63, 3.8) is 0 Å². The van der Waals surface area contributed by atoms with Gasteiger partial charge in [-0.2, -0.15) is 30.2 Å². The maximum atomic E-state index is 11.9. The number of amides is 2. The molecule has 8 N–H and O–H groups in total. The number of nitrogen functional groups attached to an aromatic ring is 1. The van der Waals surface area contributed by atoms with Gasteiger partial charge in [0.05, 0.1) is 34.3 Å². The Morgan fingerprint density at radius 2 is 0.795 bits per heavy atom. The minimum absolute atomic E-state index is 0.115. The lowest BCUT2D eigenvalue weighted by molar-refractivity contribution is -0.130. The second kappa shape index (κ2) is 34.3. The van der Waals surface area contributed by atoms with Crippen LogP contribution in [-0.4, -0.2) is 100 Å². The van der Waals surface area contributed by atoms with Gasteiger partial charge in [0.1, 0.15) is 0 Å². The molecule has 24 heteroatoms. The number of anilines is 11. The number of para-hydroxylation sites is 3. The van der Waals surface area contributed by atoms with Crippen LogP contribution in [0.3, 0.4) is 0 Å². The summed E-state index contributed by atoms with van der Waals surface area (Å²) in [5.41, 5.74) is 29.1. The fourth-order valence-electron chi connectivity index (χ4n) is 16.8. The lowest BCUT2D eigenvalue weighted by Crippen LogP contribution is -2.34. The molecule has 0 saturated heterocycles. The molecule has 0 radical (unpaired) electrons. The van der Waals surface area contributed by atoms with E-state index in [4.69, 9.17) is 42.6 Å². The molecule has 3 aliphatic heterocycles. The molecule has 0 unspecified atom stereocenters. The lowest BCUT2D eigenvalue weighted by atomic mass is 9.96. The summed E-state index contributed by atoms with van der Waals surface area (Å²) in [5, 5.41) is 39.1. The van der Waals surface area contributed by atoms with Gasteiger partial charge in [0.2, 0.25) is 29.0 Å². The molecule has 6 aliphatic rings. The molecular weight excluding hydrogens is 1420 g/mol. The molecule has 12 aromatic rings. The third-order valence-electron chi connectivity index (χ3n) is 23.2. The van der Waals surface area contributed by atoms with Gasteiger partial charge in [0.25, 0.3) is 0 Å². The highest BCUT2D eigenvalue weighted by Crippen LogP contribution is 2.40. The number of fused-ring (bicyclic) bond motifs is 6. The molecule has 0 bridgehead atoms. The van der Waals surface area contributed by atoms with Gasteiger partial charge in [-0.25, -0.2) is 29.0 Å². The van der Waals surface area contributed by atoms with Crippen LogP contribution in [0, 0.1) is 41.5 Å². The Morgan fingerprint density at radius 3 is 1.21 bits per heavy atom. The predicted octanol–water partition coefficient (Wildman–Crippen LogP) is 18.9. The van der Waals surface area contributed by atoms with Crippen molar-refractivity contribution in [1.29, 1.82) is 0 Å². The van der Waals surface area contributed by atoms with Crippen LogP contribution >= 0.6 is 11.6 Å². The molecule has 3 fully saturated rings. The van der Waals surface area contributed by atoms with Gasteiger partial charge in [0, 0.05) is 99.3 Å². The fourth-order valence-corrected chi connectivity index (χ4v) is 17.0. The number of carbonyl (C=O) groups excluding carboxylic acids is 2. The summed E-state index contributed by atoms with van der Waals surface area (Å²) in [7, 11) is 0. The highest BCUT2D eigenvalue weighted by molar-refractivity contribution is 6.28. The molecule has 9 heterocycles. The van der Waals surface area contributed by atoms with Gasteiger partial charge in [0.15, 0.2) is 34.4 Å². The van der Waals surface area contributed by atoms with Gasteiger partial charge < -0.3 is 47.4 Å². The van der Waals surface area contributed by atoms with Crippen molar-refractivity contribution in [3.05, 3.63) is 200 Å². The summed E-state index contributed by atoms with van der Waals surface area (Å²) < 4.78 is 6.32. The largest absolute Gasteiger partial charge is 0.399 e. The minimum atomic E-state index is 0.115. The highest BCUT2D eigenvalue weighted by Gasteiger charge is 2.28. The first kappa shape index (κ1) is 76.3. The maximum Gasteiger partial charge on any atom is 0.229 e. The Bertz CT molecular complexity index is 5350. The molecule has 23 nitrogen and oxygen atoms in total. The van der Waals surface area contributed by atoms with Crippen LogP contribution in [0.2, 0.25) is 5.28 Å². The number of nitrogens with two attached hydrogens (primary N) is 1. The SMILES string of the molecule is CC(=O)N1CCc2ccc(N)cc2C1.CC(=O)N1CCc2ccc(Nc3ncc4c(Nc5c(C)cccc5C)nn(C5CCCCC5)c4n3)cc2C1.Cc1cccc(C)c1Nc1nn(C2CCCCC2)c2nc(Cl)ncc12.Cc1cccc(C)c1Nc1nn(C2CCCCC2)c2nc(Nc3ccc4c(c3)CNCC4)ncc12. The van der Waals surface area contributed by atoms with E-state index < -0.39 is 0 Å². The number of hydrogen-bond acceptors (Lipinski definition) is 18. The predicted molar refractivity (Wildman–Crippen MR) is 450 cm³/mol. The summed E-state index contributed by atoms with van der Waals surface area (Å²) in [6.07, 6.45) is 26.5. The van der Waals surface area contributed by atoms with Crippen molar-refractivity contribution in [2.75, 3.05) is 52.0 Å². The van der Waals surface area contributed by atoms with Crippen molar-refractivity contribution in [2.45, 2.75) is 209 Å². The lowest BCUT2D eigenvalue weighted by Gasteiger charge is -2.28. The van der Waals surface area contributed by atoms with E-state index in [9.17, 15) is 9.59 Å². The first-order chi connectivity index (χ1) is 54.4. The topological polar surface area (TPSA) is 270 Å². The molecule has 18 rings (SSSR count). The fraction of sp³-hybridized carbons (Fsp3) is 0.398. The van der Waals surface area contributed by atoms with Gasteiger partial charge in [-0.15, -0.1) is 0 Å². The second-order valence-electron chi connectivity index (χ2n) is 31.2. The minimum Gasteiger partial charge on any atom is -0.399 e. The van der Waals surface area contributed by atoms with Crippen LogP contribution in [0.25, 0.3) is 33.1 Å². The van der Waals surface area contributed by atoms with Crippen LogP contribution in [0.5, 0.6) is 0 Å². The number of benzene rings is 6. The Morgan fingerprint density at radius 1 is 0.429 bits per heavy atom. The smallest absolute Gasteiger partial charge is 0.229 e. The quantitative estimate of drug-likeness (QED) is 0.0418. The normalized spacial score (nSPS) is 15.9. The molecule has 112 heavy (non-hydrogen) atoms. The van der Waals surface area contributed by atoms with E-state index in [1.807, 2.05) is 34.3 Å². The van der Waals surface area contributed by atoms with E-state index in [2.05, 4.69) is 204 Å². The van der Waals surface area contributed by atoms with E-state index >= 15 is 0 Å². The average Bonchev–Trinajstić information content (AvgIpc) is 1.53. The molecule has 0 spiro atoms. The van der Waals surface area contributed by atoms with E-state index in [-0.39, 0.29) is 17.1 Å². The second-order valence-corrected chi connectivity index (χ2v) is 31.6. The van der Waals surface area contributed by atoms with Crippen molar-refractivity contribution in [2.24, 2.45) is 0 Å². The number of aryl methyl sites for hydroxylation is 6. The number of carbonyl (C=O) groups is 2. The van der Waals surface area contributed by atoms with Crippen LogP contribution in [0.15, 0.2) is 128 Å². The molecule has 2 amide bonds. The summed E-state index contributed by atoms with van der Waals surface area (Å²) >= 11 is 6.07. The number of halogens is 1. The van der Waals surface area contributed by atoms with E-state index in [0.717, 1.165) is 169 Å². The van der Waals surface area contributed by atoms with Crippen LogP contribution in [-0.2, 0) is 48.5 Å². The monoisotopic (exact) mass is 1520 g/mol. The number of hydrogen-bond donors (Lipinski definition) is 7. The third-order valence-corrected chi connectivity index (χ3v) is 23.4. The Labute approximate surface area is 660 Å². The van der Waals surface area contributed by atoms with Crippen LogP contribution in [0.1, 0.15) is 195 Å². The molecule has 6 aromatic carbocycles. The summed E-state index contributed by atoms with van der Waals surface area (Å²) in [6, 6.07) is 38.8.